The largest absolute Gasteiger partial charge is 0.416 e. The van der Waals surface area contributed by atoms with Crippen LogP contribution >= 0.6 is 0 Å². The molecule has 1 aromatic heterocycles. The van der Waals surface area contributed by atoms with Crippen molar-refractivity contribution in [3.8, 4) is 0 Å². The molecule has 2 aromatic rings. The fraction of sp³-hybridized carbons (Fsp3) is 0.583. The normalized spacial score (nSPS) is 20.6. The minimum atomic E-state index is -4.82. The third-order valence-corrected chi connectivity index (χ3v) is 8.17. The predicted molar refractivity (Wildman–Crippen MR) is 130 cm³/mol. The summed E-state index contributed by atoms with van der Waals surface area (Å²) in [7, 11) is -4.48. The van der Waals surface area contributed by atoms with Crippen LogP contribution in [0.2, 0.25) is 0 Å². The Morgan fingerprint density at radius 2 is 1.56 bits per heavy atom. The second kappa shape index (κ2) is 11.4. The lowest BCUT2D eigenvalue weighted by Crippen LogP contribution is -2.42. The Kier molecular flexibility index (Phi) is 8.59. The standard InChI is InChI=1S/C24H28F7N5O2S/c25-20-21(32-11-15-3-7-18(8-4-15)35-39(37,38)13-23(26,27)28)33-14-34-22(20)36(19-9-10-19)12-16-1-5-17(6-2-16)24(29,30)31/h1-2,5-6,14-15,18-19,35H,3-4,7-13H2,(H,32,33,34). The first kappa shape index (κ1) is 29.3. The highest BCUT2D eigenvalue weighted by Gasteiger charge is 2.37. The van der Waals surface area contributed by atoms with E-state index in [9.17, 15) is 34.8 Å². The Bertz CT molecular complexity index is 1230. The lowest BCUT2D eigenvalue weighted by molar-refractivity contribution is -0.137. The van der Waals surface area contributed by atoms with Gasteiger partial charge in [0.1, 0.15) is 6.33 Å². The van der Waals surface area contributed by atoms with Crippen LogP contribution in [0.4, 0.5) is 42.4 Å². The number of aromatic nitrogens is 2. The molecule has 7 nitrogen and oxygen atoms in total. The van der Waals surface area contributed by atoms with Crippen molar-refractivity contribution in [2.75, 3.05) is 22.5 Å². The van der Waals surface area contributed by atoms with Crippen LogP contribution in [0.1, 0.15) is 49.7 Å². The highest BCUT2D eigenvalue weighted by atomic mass is 32.2. The number of sulfonamides is 1. The van der Waals surface area contributed by atoms with Crippen molar-refractivity contribution in [3.63, 3.8) is 0 Å². The Labute approximate surface area is 221 Å². The topological polar surface area (TPSA) is 87.2 Å². The van der Waals surface area contributed by atoms with E-state index < -0.39 is 45.6 Å². The minimum Gasteiger partial charge on any atom is -0.367 e. The number of rotatable bonds is 10. The monoisotopic (exact) mass is 583 g/mol. The van der Waals surface area contributed by atoms with Gasteiger partial charge in [0.25, 0.3) is 0 Å². The molecule has 0 bridgehead atoms. The van der Waals surface area contributed by atoms with Crippen LogP contribution in [-0.2, 0) is 22.7 Å². The van der Waals surface area contributed by atoms with Gasteiger partial charge in [-0.05, 0) is 62.1 Å². The summed E-state index contributed by atoms with van der Waals surface area (Å²) in [5.41, 5.74) is -0.193. The highest BCUT2D eigenvalue weighted by molar-refractivity contribution is 7.89. The molecule has 2 saturated carbocycles. The van der Waals surface area contributed by atoms with E-state index in [-0.39, 0.29) is 30.1 Å². The maximum Gasteiger partial charge on any atom is 0.416 e. The molecule has 1 heterocycles. The smallest absolute Gasteiger partial charge is 0.367 e. The molecule has 39 heavy (non-hydrogen) atoms. The van der Waals surface area contributed by atoms with Gasteiger partial charge in [0.2, 0.25) is 15.8 Å². The minimum absolute atomic E-state index is 0.000875. The molecule has 216 valence electrons. The molecular weight excluding hydrogens is 555 g/mol. The molecule has 2 aliphatic carbocycles. The first-order valence-corrected chi connectivity index (χ1v) is 14.1. The first-order valence-electron chi connectivity index (χ1n) is 12.4. The van der Waals surface area contributed by atoms with Gasteiger partial charge in [-0.25, -0.2) is 23.1 Å². The second-order valence-electron chi connectivity index (χ2n) is 10.0. The molecule has 0 aliphatic heterocycles. The molecule has 0 saturated heterocycles. The van der Waals surface area contributed by atoms with E-state index in [2.05, 4.69) is 20.0 Å². The zero-order chi connectivity index (χ0) is 28.4. The zero-order valence-corrected chi connectivity index (χ0v) is 21.5. The molecule has 0 spiro atoms. The summed E-state index contributed by atoms with van der Waals surface area (Å²) in [5.74, 6) is -2.58. The molecule has 0 unspecified atom stereocenters. The summed E-state index contributed by atoms with van der Waals surface area (Å²) < 4.78 is 117. The fourth-order valence-electron chi connectivity index (χ4n) is 4.68. The number of hydrogen-bond donors (Lipinski definition) is 2. The van der Waals surface area contributed by atoms with E-state index >= 15 is 4.39 Å². The van der Waals surface area contributed by atoms with Crippen molar-refractivity contribution in [2.24, 2.45) is 5.92 Å². The molecule has 2 fully saturated rings. The van der Waals surface area contributed by atoms with Crippen molar-refractivity contribution >= 4 is 21.7 Å². The van der Waals surface area contributed by atoms with Crippen LogP contribution in [0.25, 0.3) is 0 Å². The average Bonchev–Trinajstić information content (AvgIpc) is 3.66. The van der Waals surface area contributed by atoms with Crippen molar-refractivity contribution in [3.05, 3.63) is 47.5 Å². The Morgan fingerprint density at radius 3 is 2.13 bits per heavy atom. The molecule has 2 N–H and O–H groups in total. The fourth-order valence-corrected chi connectivity index (χ4v) is 5.94. The zero-order valence-electron chi connectivity index (χ0n) is 20.7. The van der Waals surface area contributed by atoms with Crippen molar-refractivity contribution < 1.29 is 39.2 Å². The molecule has 4 rings (SSSR count). The van der Waals surface area contributed by atoms with Gasteiger partial charge in [-0.3, -0.25) is 0 Å². The van der Waals surface area contributed by atoms with E-state index in [0.717, 1.165) is 25.0 Å². The molecule has 1 aromatic carbocycles. The van der Waals surface area contributed by atoms with E-state index in [1.165, 1.54) is 18.5 Å². The number of halogens is 7. The van der Waals surface area contributed by atoms with Gasteiger partial charge < -0.3 is 10.2 Å². The lowest BCUT2D eigenvalue weighted by atomic mass is 9.86. The molecule has 0 radical (unpaired) electrons. The number of hydrogen-bond acceptors (Lipinski definition) is 6. The van der Waals surface area contributed by atoms with Gasteiger partial charge in [0, 0.05) is 25.2 Å². The molecule has 0 atom stereocenters. The lowest BCUT2D eigenvalue weighted by Gasteiger charge is -2.29. The van der Waals surface area contributed by atoms with Crippen LogP contribution in [0.5, 0.6) is 0 Å². The van der Waals surface area contributed by atoms with Gasteiger partial charge in [-0.1, -0.05) is 12.1 Å². The number of nitrogens with zero attached hydrogens (tertiary/aromatic N) is 3. The van der Waals surface area contributed by atoms with Crippen LogP contribution < -0.4 is 14.9 Å². The van der Waals surface area contributed by atoms with Gasteiger partial charge in [0.15, 0.2) is 17.4 Å². The summed E-state index contributed by atoms with van der Waals surface area (Å²) in [6.45, 7) is 0.488. The average molecular weight is 584 g/mol. The Balaban J connectivity index is 1.34. The highest BCUT2D eigenvalue weighted by Crippen LogP contribution is 2.36. The summed E-state index contributed by atoms with van der Waals surface area (Å²) in [5, 5.41) is 2.95. The van der Waals surface area contributed by atoms with E-state index in [4.69, 9.17) is 0 Å². The van der Waals surface area contributed by atoms with Gasteiger partial charge in [-0.2, -0.15) is 30.7 Å². The van der Waals surface area contributed by atoms with Crippen molar-refractivity contribution in [2.45, 2.75) is 69.5 Å². The molecule has 2 aliphatic rings. The third-order valence-electron chi connectivity index (χ3n) is 6.77. The van der Waals surface area contributed by atoms with E-state index in [0.29, 0.717) is 37.8 Å². The second-order valence-corrected chi connectivity index (χ2v) is 11.8. The quantitative estimate of drug-likeness (QED) is 0.372. The van der Waals surface area contributed by atoms with E-state index in [1.54, 1.807) is 4.90 Å². The number of anilines is 2. The summed E-state index contributed by atoms with van der Waals surface area (Å²) in [6, 6.07) is 4.10. The summed E-state index contributed by atoms with van der Waals surface area (Å²) in [6.07, 6.45) is -4.73. The third kappa shape index (κ3) is 8.40. The van der Waals surface area contributed by atoms with Crippen molar-refractivity contribution in [1.29, 1.82) is 0 Å². The maximum atomic E-state index is 15.4. The number of nitrogens with one attached hydrogen (secondary N) is 2. The number of benzene rings is 1. The Morgan fingerprint density at radius 1 is 0.923 bits per heavy atom. The van der Waals surface area contributed by atoms with Crippen molar-refractivity contribution in [1.82, 2.24) is 14.7 Å². The summed E-state index contributed by atoms with van der Waals surface area (Å²) in [4.78, 5) is 9.79. The van der Waals surface area contributed by atoms with Gasteiger partial charge in [-0.15, -0.1) is 0 Å². The van der Waals surface area contributed by atoms with Gasteiger partial charge >= 0.3 is 12.4 Å². The van der Waals surface area contributed by atoms with Crippen LogP contribution in [0.15, 0.2) is 30.6 Å². The predicted octanol–water partition coefficient (Wildman–Crippen LogP) is 5.26. The maximum absolute atomic E-state index is 15.4. The number of alkyl halides is 6. The molecule has 15 heteroatoms. The Hall–Kier alpha value is -2.68. The van der Waals surface area contributed by atoms with Gasteiger partial charge in [0.05, 0.1) is 5.56 Å². The SMILES string of the molecule is O=S(=O)(CC(F)(F)F)NC1CCC(CNc2ncnc(N(Cc3ccc(C(F)(F)F)cc3)C3CC3)c2F)CC1. The summed E-state index contributed by atoms with van der Waals surface area (Å²) >= 11 is 0. The van der Waals surface area contributed by atoms with Crippen LogP contribution in [0.3, 0.4) is 0 Å². The van der Waals surface area contributed by atoms with E-state index in [1.807, 2.05) is 0 Å². The molecular formula is C24H28F7N5O2S. The first-order chi connectivity index (χ1) is 18.2. The van der Waals surface area contributed by atoms with Crippen LogP contribution in [0, 0.1) is 11.7 Å². The van der Waals surface area contributed by atoms with Crippen LogP contribution in [-0.4, -0.2) is 48.9 Å². The molecule has 0 amide bonds.